The molecule has 5 heteroatoms. The van der Waals surface area contributed by atoms with Gasteiger partial charge in [0.15, 0.2) is 0 Å². The molecule has 1 unspecified atom stereocenters. The number of nitrogen functional groups attached to an aromatic ring is 1. The van der Waals surface area contributed by atoms with Crippen LogP contribution in [0.2, 0.25) is 0 Å². The molecule has 3 aromatic rings. The van der Waals surface area contributed by atoms with Crippen LogP contribution in [0.1, 0.15) is 38.3 Å². The van der Waals surface area contributed by atoms with E-state index in [1.54, 1.807) is 7.11 Å². The van der Waals surface area contributed by atoms with Crippen molar-refractivity contribution < 1.29 is 4.74 Å². The van der Waals surface area contributed by atoms with Crippen LogP contribution in [-0.2, 0) is 6.54 Å². The van der Waals surface area contributed by atoms with Gasteiger partial charge in [0.2, 0.25) is 0 Å². The molecule has 3 heterocycles. The Morgan fingerprint density at radius 2 is 2.11 bits per heavy atom. The highest BCUT2D eigenvalue weighted by Crippen LogP contribution is 2.31. The first-order chi connectivity index (χ1) is 13.2. The maximum absolute atomic E-state index is 6.09. The van der Waals surface area contributed by atoms with Gasteiger partial charge in [0.1, 0.15) is 11.4 Å². The summed E-state index contributed by atoms with van der Waals surface area (Å²) in [6.07, 6.45) is 7.06. The summed E-state index contributed by atoms with van der Waals surface area (Å²) in [5.74, 6) is 0.847. The molecule has 0 aliphatic carbocycles. The zero-order chi connectivity index (χ0) is 18.8. The molecule has 5 nitrogen and oxygen atoms in total. The fourth-order valence-electron chi connectivity index (χ4n) is 4.19. The molecule has 0 bridgehead atoms. The quantitative estimate of drug-likeness (QED) is 0.731. The number of pyridine rings is 1. The van der Waals surface area contributed by atoms with Crippen LogP contribution < -0.4 is 10.5 Å². The van der Waals surface area contributed by atoms with E-state index in [1.165, 1.54) is 31.4 Å². The first-order valence-corrected chi connectivity index (χ1v) is 9.84. The van der Waals surface area contributed by atoms with Crippen LogP contribution >= 0.6 is 0 Å². The number of hydrogen-bond donors (Lipinski definition) is 1. The topological polar surface area (TPSA) is 55.8 Å². The van der Waals surface area contributed by atoms with Crippen molar-refractivity contribution in [3.8, 4) is 17.0 Å². The summed E-state index contributed by atoms with van der Waals surface area (Å²) in [7, 11) is 1.70. The van der Waals surface area contributed by atoms with E-state index < -0.39 is 0 Å². The standard InChI is InChI=1S/C22H28N4O/c1-3-18-8-4-5-12-25(18)15-20-22(16-7-6-9-19(13-16)27-2)24-21-11-10-17(23)14-26(20)21/h6-7,9-11,13-14,18H,3-5,8,12,15,23H2,1-2H3. The van der Waals surface area contributed by atoms with Gasteiger partial charge < -0.3 is 14.9 Å². The van der Waals surface area contributed by atoms with Crippen LogP contribution in [0.4, 0.5) is 5.69 Å². The molecule has 1 aliphatic rings. The number of imidazole rings is 1. The predicted molar refractivity (Wildman–Crippen MR) is 110 cm³/mol. The second-order valence-electron chi connectivity index (χ2n) is 7.36. The third kappa shape index (κ3) is 3.52. The number of anilines is 1. The molecular formula is C22H28N4O. The highest BCUT2D eigenvalue weighted by molar-refractivity contribution is 5.68. The van der Waals surface area contributed by atoms with Gasteiger partial charge in [-0.1, -0.05) is 25.5 Å². The van der Waals surface area contributed by atoms with Gasteiger partial charge in [-0.25, -0.2) is 4.98 Å². The summed E-state index contributed by atoms with van der Waals surface area (Å²) >= 11 is 0. The number of nitrogens with zero attached hydrogens (tertiary/aromatic N) is 3. The van der Waals surface area contributed by atoms with Crippen molar-refractivity contribution in [3.05, 3.63) is 48.3 Å². The lowest BCUT2D eigenvalue weighted by Gasteiger charge is -2.35. The number of benzene rings is 1. The number of fused-ring (bicyclic) bond motifs is 1. The van der Waals surface area contributed by atoms with E-state index in [9.17, 15) is 0 Å². The number of hydrogen-bond acceptors (Lipinski definition) is 4. The Labute approximate surface area is 160 Å². The molecule has 2 aromatic heterocycles. The summed E-state index contributed by atoms with van der Waals surface area (Å²) in [4.78, 5) is 7.55. The first kappa shape index (κ1) is 17.9. The minimum absolute atomic E-state index is 0.642. The molecule has 142 valence electrons. The number of nitrogens with two attached hydrogens (primary N) is 1. The predicted octanol–water partition coefficient (Wildman–Crippen LogP) is 4.36. The van der Waals surface area contributed by atoms with E-state index in [-0.39, 0.29) is 0 Å². The molecule has 27 heavy (non-hydrogen) atoms. The molecule has 1 aromatic carbocycles. The van der Waals surface area contributed by atoms with Gasteiger partial charge in [-0.3, -0.25) is 4.90 Å². The van der Waals surface area contributed by atoms with Crippen molar-refractivity contribution in [2.24, 2.45) is 0 Å². The molecule has 1 aliphatic heterocycles. The number of rotatable bonds is 5. The van der Waals surface area contributed by atoms with Crippen molar-refractivity contribution in [2.45, 2.75) is 45.2 Å². The third-order valence-electron chi connectivity index (χ3n) is 5.66. The molecular weight excluding hydrogens is 336 g/mol. The third-order valence-corrected chi connectivity index (χ3v) is 5.66. The van der Waals surface area contributed by atoms with Gasteiger partial charge in [0.25, 0.3) is 0 Å². The van der Waals surface area contributed by atoms with Crippen molar-refractivity contribution in [1.82, 2.24) is 14.3 Å². The van der Waals surface area contributed by atoms with Gasteiger partial charge in [0, 0.05) is 30.0 Å². The number of methoxy groups -OCH3 is 1. The normalized spacial score (nSPS) is 18.1. The zero-order valence-electron chi connectivity index (χ0n) is 16.2. The SMILES string of the molecule is CCC1CCCCN1Cc1c(-c2cccc(OC)c2)nc2ccc(N)cn12. The van der Waals surface area contributed by atoms with Crippen molar-refractivity contribution in [1.29, 1.82) is 0 Å². The second-order valence-corrected chi connectivity index (χ2v) is 7.36. The fourth-order valence-corrected chi connectivity index (χ4v) is 4.19. The number of likely N-dealkylation sites (tertiary alicyclic amines) is 1. The van der Waals surface area contributed by atoms with Gasteiger partial charge in [-0.2, -0.15) is 0 Å². The zero-order valence-corrected chi connectivity index (χ0v) is 16.2. The molecule has 0 saturated carbocycles. The lowest BCUT2D eigenvalue weighted by molar-refractivity contribution is 0.134. The molecule has 1 saturated heterocycles. The largest absolute Gasteiger partial charge is 0.497 e. The Morgan fingerprint density at radius 3 is 2.93 bits per heavy atom. The summed E-state index contributed by atoms with van der Waals surface area (Å²) < 4.78 is 7.59. The lowest BCUT2D eigenvalue weighted by atomic mass is 9.99. The molecule has 0 amide bonds. The summed E-state index contributed by atoms with van der Waals surface area (Å²) in [5, 5.41) is 0. The Kier molecular flexibility index (Phi) is 5.03. The summed E-state index contributed by atoms with van der Waals surface area (Å²) in [6, 6.07) is 12.7. The average molecular weight is 364 g/mol. The van der Waals surface area contributed by atoms with Gasteiger partial charge in [-0.15, -0.1) is 0 Å². The number of piperidine rings is 1. The van der Waals surface area contributed by atoms with Crippen LogP contribution in [0.5, 0.6) is 5.75 Å². The van der Waals surface area contributed by atoms with E-state index >= 15 is 0 Å². The highest BCUT2D eigenvalue weighted by Gasteiger charge is 2.24. The van der Waals surface area contributed by atoms with Crippen LogP contribution in [-0.4, -0.2) is 34.0 Å². The lowest BCUT2D eigenvalue weighted by Crippen LogP contribution is -2.38. The van der Waals surface area contributed by atoms with Crippen LogP contribution in [0.3, 0.4) is 0 Å². The summed E-state index contributed by atoms with van der Waals surface area (Å²) in [5.41, 5.74) is 11.1. The Balaban J connectivity index is 1.82. The smallest absolute Gasteiger partial charge is 0.137 e. The molecule has 4 rings (SSSR count). The maximum atomic E-state index is 6.09. The van der Waals surface area contributed by atoms with Crippen molar-refractivity contribution >= 4 is 11.3 Å². The van der Waals surface area contributed by atoms with Crippen molar-refractivity contribution in [2.75, 3.05) is 19.4 Å². The number of aromatic nitrogens is 2. The van der Waals surface area contributed by atoms with E-state index in [0.29, 0.717) is 6.04 Å². The summed E-state index contributed by atoms with van der Waals surface area (Å²) in [6.45, 7) is 4.32. The molecule has 0 radical (unpaired) electrons. The van der Waals surface area contributed by atoms with Crippen LogP contribution in [0.25, 0.3) is 16.9 Å². The molecule has 0 spiro atoms. The second kappa shape index (κ2) is 7.61. The monoisotopic (exact) mass is 364 g/mol. The minimum Gasteiger partial charge on any atom is -0.497 e. The maximum Gasteiger partial charge on any atom is 0.137 e. The number of ether oxygens (including phenoxy) is 1. The first-order valence-electron chi connectivity index (χ1n) is 9.84. The van der Waals surface area contributed by atoms with E-state index in [2.05, 4.69) is 28.4 Å². The van der Waals surface area contributed by atoms with E-state index in [4.69, 9.17) is 15.5 Å². The Bertz CT molecular complexity index is 933. The van der Waals surface area contributed by atoms with Crippen LogP contribution in [0.15, 0.2) is 42.6 Å². The van der Waals surface area contributed by atoms with Gasteiger partial charge in [0.05, 0.1) is 18.5 Å². The molecule has 2 N–H and O–H groups in total. The minimum atomic E-state index is 0.642. The molecule has 1 fully saturated rings. The van der Waals surface area contributed by atoms with E-state index in [0.717, 1.165) is 41.4 Å². The van der Waals surface area contributed by atoms with Gasteiger partial charge in [-0.05, 0) is 50.1 Å². The average Bonchev–Trinajstić information content (AvgIpc) is 3.06. The fraction of sp³-hybridized carbons (Fsp3) is 0.409. The van der Waals surface area contributed by atoms with Crippen molar-refractivity contribution in [3.63, 3.8) is 0 Å². The highest BCUT2D eigenvalue weighted by atomic mass is 16.5. The van der Waals surface area contributed by atoms with E-state index in [1.807, 2.05) is 30.5 Å². The van der Waals surface area contributed by atoms with Gasteiger partial charge >= 0.3 is 0 Å². The Hall–Kier alpha value is -2.53. The molecule has 1 atom stereocenters. The van der Waals surface area contributed by atoms with Crippen LogP contribution in [0, 0.1) is 0 Å². The Morgan fingerprint density at radius 1 is 1.22 bits per heavy atom.